The van der Waals surface area contributed by atoms with E-state index in [1.165, 1.54) is 30.6 Å². The second-order valence-electron chi connectivity index (χ2n) is 11.6. The van der Waals surface area contributed by atoms with Crippen LogP contribution in [0.1, 0.15) is 58.4 Å². The number of hydrogen-bond donors (Lipinski definition) is 2. The molecular weight excluding hydrogens is 614 g/mol. The summed E-state index contributed by atoms with van der Waals surface area (Å²) < 4.78 is 44.6. The molecule has 13 heteroatoms. The number of ether oxygens (including phenoxy) is 3. The third-order valence-electron chi connectivity index (χ3n) is 7.99. The Morgan fingerprint density at radius 3 is 2.48 bits per heavy atom. The minimum atomic E-state index is -3.87. The van der Waals surface area contributed by atoms with E-state index >= 15 is 0 Å². The maximum absolute atomic E-state index is 13.5. The number of carbonyl (C=O) groups excluding carboxylic acids is 3. The number of hydrogen-bond acceptors (Lipinski definition) is 9. The lowest BCUT2D eigenvalue weighted by Gasteiger charge is -2.33. The normalized spacial score (nSPS) is 17.6. The topological polar surface area (TPSA) is 152 Å². The van der Waals surface area contributed by atoms with E-state index in [2.05, 4.69) is 5.32 Å². The molecule has 3 atom stereocenters. The number of anilines is 1. The Bertz CT molecular complexity index is 1430. The largest absolute Gasteiger partial charge is 0.497 e. The van der Waals surface area contributed by atoms with Crippen LogP contribution in [0.15, 0.2) is 47.4 Å². The minimum absolute atomic E-state index is 0.000834. The summed E-state index contributed by atoms with van der Waals surface area (Å²) in [4.78, 5) is 39.4. The molecule has 1 aliphatic rings. The quantitative estimate of drug-likeness (QED) is 0.215. The predicted molar refractivity (Wildman–Crippen MR) is 173 cm³/mol. The Morgan fingerprint density at radius 2 is 1.83 bits per heavy atom. The Kier molecular flexibility index (Phi) is 13.8. The molecule has 0 aliphatic carbocycles. The van der Waals surface area contributed by atoms with Gasteiger partial charge < -0.3 is 29.5 Å². The number of aliphatic hydroxyl groups excluding tert-OH is 1. The lowest BCUT2D eigenvalue weighted by molar-refractivity contribution is -0.143. The molecule has 46 heavy (non-hydrogen) atoms. The average molecular weight is 662 g/mol. The molecule has 3 rings (SSSR count). The number of unbranched alkanes of at least 4 members (excludes halogenated alkanes) is 2. The standard InChI is InChI=1S/C33H47N3O9S/c1-6-44-33(40)11-9-7-8-10-31(38)34-26-12-17-29-25(18-26)19-32(39)36(24(3)22-37)20-23(2)30(45-29)21-35(4)46(41,42)28-15-13-27(43-5)14-16-28/h12-18,23-24,30,37H,6-11,19-22H2,1-5H3,(H,34,38)/t23-,24+,30-/m0/s1. The van der Waals surface area contributed by atoms with Gasteiger partial charge in [-0.1, -0.05) is 13.3 Å². The van der Waals surface area contributed by atoms with Crippen molar-refractivity contribution in [1.29, 1.82) is 0 Å². The van der Waals surface area contributed by atoms with E-state index in [0.29, 0.717) is 55.0 Å². The van der Waals surface area contributed by atoms with Gasteiger partial charge >= 0.3 is 5.97 Å². The van der Waals surface area contributed by atoms with Crippen molar-refractivity contribution in [3.05, 3.63) is 48.0 Å². The van der Waals surface area contributed by atoms with Crippen molar-refractivity contribution < 1.29 is 42.1 Å². The Labute approximate surface area is 272 Å². The summed E-state index contributed by atoms with van der Waals surface area (Å²) in [6.07, 6.45) is 1.87. The van der Waals surface area contributed by atoms with E-state index in [-0.39, 0.29) is 61.1 Å². The fraction of sp³-hybridized carbons (Fsp3) is 0.545. The van der Waals surface area contributed by atoms with Crippen LogP contribution in [-0.2, 0) is 35.6 Å². The first kappa shape index (κ1) is 36.8. The van der Waals surface area contributed by atoms with Crippen molar-refractivity contribution >= 4 is 33.5 Å². The van der Waals surface area contributed by atoms with Gasteiger partial charge in [0.15, 0.2) is 0 Å². The molecule has 0 fully saturated rings. The van der Waals surface area contributed by atoms with E-state index in [1.54, 1.807) is 49.1 Å². The van der Waals surface area contributed by atoms with Crippen molar-refractivity contribution in [1.82, 2.24) is 9.21 Å². The lowest BCUT2D eigenvalue weighted by atomic mass is 10.0. The minimum Gasteiger partial charge on any atom is -0.497 e. The van der Waals surface area contributed by atoms with Crippen molar-refractivity contribution in [2.75, 3.05) is 45.8 Å². The molecule has 0 saturated carbocycles. The molecule has 12 nitrogen and oxygen atoms in total. The molecule has 0 bridgehead atoms. The molecule has 0 spiro atoms. The fourth-order valence-corrected chi connectivity index (χ4v) is 6.38. The highest BCUT2D eigenvalue weighted by Crippen LogP contribution is 2.30. The van der Waals surface area contributed by atoms with Crippen LogP contribution in [0.5, 0.6) is 11.5 Å². The van der Waals surface area contributed by atoms with Crippen LogP contribution in [0.2, 0.25) is 0 Å². The molecule has 1 aliphatic heterocycles. The van der Waals surface area contributed by atoms with Crippen LogP contribution in [0.4, 0.5) is 5.69 Å². The highest BCUT2D eigenvalue weighted by atomic mass is 32.2. The number of nitrogens with zero attached hydrogens (tertiary/aromatic N) is 2. The maximum Gasteiger partial charge on any atom is 0.305 e. The highest BCUT2D eigenvalue weighted by Gasteiger charge is 2.33. The summed E-state index contributed by atoms with van der Waals surface area (Å²) in [6.45, 7) is 5.75. The van der Waals surface area contributed by atoms with Gasteiger partial charge in [-0.25, -0.2) is 8.42 Å². The number of fused-ring (bicyclic) bond motifs is 1. The van der Waals surface area contributed by atoms with Gasteiger partial charge in [0.25, 0.3) is 0 Å². The predicted octanol–water partition coefficient (Wildman–Crippen LogP) is 3.62. The van der Waals surface area contributed by atoms with Gasteiger partial charge in [0, 0.05) is 43.6 Å². The summed E-state index contributed by atoms with van der Waals surface area (Å²) >= 11 is 0. The molecular formula is C33H47N3O9S. The summed E-state index contributed by atoms with van der Waals surface area (Å²) in [6, 6.07) is 10.7. The highest BCUT2D eigenvalue weighted by molar-refractivity contribution is 7.89. The van der Waals surface area contributed by atoms with Gasteiger partial charge in [-0.3, -0.25) is 14.4 Å². The molecule has 2 N–H and O–H groups in total. The van der Waals surface area contributed by atoms with E-state index in [9.17, 15) is 27.9 Å². The zero-order valence-electron chi connectivity index (χ0n) is 27.4. The van der Waals surface area contributed by atoms with Gasteiger partial charge in [0.1, 0.15) is 17.6 Å². The smallest absolute Gasteiger partial charge is 0.305 e. The molecule has 2 amide bonds. The number of sulfonamides is 1. The zero-order valence-corrected chi connectivity index (χ0v) is 28.2. The molecule has 2 aromatic carbocycles. The molecule has 2 aromatic rings. The van der Waals surface area contributed by atoms with Gasteiger partial charge in [-0.05, 0) is 69.2 Å². The monoisotopic (exact) mass is 661 g/mol. The van der Waals surface area contributed by atoms with E-state index in [0.717, 1.165) is 0 Å². The number of likely N-dealkylation sites (N-methyl/N-ethyl adjacent to an activating group) is 1. The summed E-state index contributed by atoms with van der Waals surface area (Å²) in [5, 5.41) is 12.8. The second kappa shape index (κ2) is 17.3. The lowest BCUT2D eigenvalue weighted by Crippen LogP contribution is -2.48. The first-order valence-corrected chi connectivity index (χ1v) is 17.1. The van der Waals surface area contributed by atoms with Gasteiger partial charge in [-0.15, -0.1) is 0 Å². The number of nitrogens with one attached hydrogen (secondary N) is 1. The Hall–Kier alpha value is -3.68. The number of methoxy groups -OCH3 is 1. The third kappa shape index (κ3) is 10.2. The number of esters is 1. The number of amides is 2. The van der Waals surface area contributed by atoms with Crippen LogP contribution in [-0.4, -0.2) is 93.1 Å². The van der Waals surface area contributed by atoms with Crippen LogP contribution in [0.25, 0.3) is 0 Å². The van der Waals surface area contributed by atoms with Gasteiger partial charge in [0.2, 0.25) is 21.8 Å². The van der Waals surface area contributed by atoms with E-state index in [4.69, 9.17) is 14.2 Å². The first-order chi connectivity index (χ1) is 21.9. The van der Waals surface area contributed by atoms with Crippen LogP contribution >= 0.6 is 0 Å². The number of benzene rings is 2. The molecule has 0 radical (unpaired) electrons. The molecule has 1 heterocycles. The fourth-order valence-electron chi connectivity index (χ4n) is 5.19. The summed E-state index contributed by atoms with van der Waals surface area (Å²) in [5.41, 5.74) is 1.03. The van der Waals surface area contributed by atoms with Gasteiger partial charge in [0.05, 0.1) is 44.2 Å². The summed E-state index contributed by atoms with van der Waals surface area (Å²) in [7, 11) is -0.883. The maximum atomic E-state index is 13.5. The average Bonchev–Trinajstić information content (AvgIpc) is 3.07. The van der Waals surface area contributed by atoms with Gasteiger partial charge in [-0.2, -0.15) is 4.31 Å². The van der Waals surface area contributed by atoms with Crippen molar-refractivity contribution in [3.8, 4) is 11.5 Å². The van der Waals surface area contributed by atoms with Crippen molar-refractivity contribution in [3.63, 3.8) is 0 Å². The molecule has 0 unspecified atom stereocenters. The van der Waals surface area contributed by atoms with Crippen molar-refractivity contribution in [2.45, 2.75) is 76.3 Å². The molecule has 254 valence electrons. The molecule has 0 aromatic heterocycles. The molecule has 0 saturated heterocycles. The van der Waals surface area contributed by atoms with Crippen LogP contribution in [0.3, 0.4) is 0 Å². The van der Waals surface area contributed by atoms with Crippen LogP contribution < -0.4 is 14.8 Å². The SMILES string of the molecule is CCOC(=O)CCCCCC(=O)Nc1ccc2c(c1)CC(=O)N([C@H](C)CO)C[C@H](C)[C@H](CN(C)S(=O)(=O)c1ccc(OC)cc1)O2. The van der Waals surface area contributed by atoms with Crippen LogP contribution in [0, 0.1) is 5.92 Å². The zero-order chi connectivity index (χ0) is 33.9. The third-order valence-corrected chi connectivity index (χ3v) is 9.83. The second-order valence-corrected chi connectivity index (χ2v) is 13.6. The van der Waals surface area contributed by atoms with E-state index < -0.39 is 22.2 Å². The number of rotatable bonds is 15. The first-order valence-electron chi connectivity index (χ1n) is 15.6. The Balaban J connectivity index is 1.79. The number of aliphatic hydroxyl groups is 1. The number of carbonyl (C=O) groups is 3. The summed E-state index contributed by atoms with van der Waals surface area (Å²) in [5.74, 6) is -0.0105. The van der Waals surface area contributed by atoms with Crippen molar-refractivity contribution in [2.24, 2.45) is 5.92 Å². The van der Waals surface area contributed by atoms with E-state index in [1.807, 2.05) is 6.92 Å². The Morgan fingerprint density at radius 1 is 1.13 bits per heavy atom.